The molecular weight excluding hydrogens is 399 g/mol. The number of sulfone groups is 1. The zero-order chi connectivity index (χ0) is 18.7. The number of rotatable bonds is 6. The minimum atomic E-state index is -3.35. The third-order valence-electron chi connectivity index (χ3n) is 3.59. The van der Waals surface area contributed by atoms with Crippen molar-refractivity contribution in [2.24, 2.45) is 0 Å². The number of benzene rings is 2. The molecule has 10 heteroatoms. The third kappa shape index (κ3) is 4.51. The van der Waals surface area contributed by atoms with Gasteiger partial charge in [0.15, 0.2) is 15.7 Å². The van der Waals surface area contributed by atoms with E-state index < -0.39 is 9.84 Å². The number of hydrogen-bond acceptors (Lipinski definition) is 6. The van der Waals surface area contributed by atoms with Gasteiger partial charge in [-0.15, -0.1) is 10.2 Å². The lowest BCUT2D eigenvalue weighted by atomic mass is 10.1. The first-order valence-electron chi connectivity index (χ1n) is 7.51. The maximum atomic E-state index is 11.6. The van der Waals surface area contributed by atoms with Crippen molar-refractivity contribution in [1.29, 1.82) is 0 Å². The number of ether oxygens (including phenoxy) is 1. The van der Waals surface area contributed by atoms with Gasteiger partial charge in [0.05, 0.1) is 9.92 Å². The van der Waals surface area contributed by atoms with Crippen molar-refractivity contribution in [2.45, 2.75) is 17.7 Å². The number of tetrazole rings is 1. The van der Waals surface area contributed by atoms with Crippen LogP contribution in [0.5, 0.6) is 11.5 Å². The van der Waals surface area contributed by atoms with Crippen molar-refractivity contribution in [3.05, 3.63) is 57.8 Å². The molecule has 0 unspecified atom stereocenters. The molecule has 0 fully saturated rings. The summed E-state index contributed by atoms with van der Waals surface area (Å²) in [5, 5.41) is 14.5. The second-order valence-electron chi connectivity index (χ2n) is 5.55. The first-order valence-corrected chi connectivity index (χ1v) is 10.2. The summed E-state index contributed by atoms with van der Waals surface area (Å²) in [5.41, 5.74) is 0.877. The lowest BCUT2D eigenvalue weighted by Gasteiger charge is -2.13. The Balaban J connectivity index is 1.86. The minimum Gasteiger partial charge on any atom is -0.455 e. The molecule has 1 N–H and O–H groups in total. The number of aromatic amines is 1. The molecule has 0 saturated carbocycles. The molecule has 7 nitrogen and oxygen atoms in total. The summed E-state index contributed by atoms with van der Waals surface area (Å²) in [6.45, 7) is 0. The summed E-state index contributed by atoms with van der Waals surface area (Å²) < 4.78 is 29.1. The lowest BCUT2D eigenvalue weighted by molar-refractivity contribution is 0.475. The monoisotopic (exact) mass is 412 g/mol. The van der Waals surface area contributed by atoms with Crippen molar-refractivity contribution < 1.29 is 13.2 Å². The summed E-state index contributed by atoms with van der Waals surface area (Å²) in [6.07, 6.45) is 2.28. The first-order chi connectivity index (χ1) is 12.3. The molecule has 0 atom stereocenters. The van der Waals surface area contributed by atoms with Crippen LogP contribution >= 0.6 is 23.2 Å². The molecule has 0 saturated heterocycles. The van der Waals surface area contributed by atoms with Crippen molar-refractivity contribution >= 4 is 33.0 Å². The van der Waals surface area contributed by atoms with Gasteiger partial charge in [0.1, 0.15) is 11.5 Å². The Bertz CT molecular complexity index is 1020. The van der Waals surface area contributed by atoms with Crippen LogP contribution in [0.4, 0.5) is 0 Å². The highest BCUT2D eigenvalue weighted by molar-refractivity contribution is 7.90. The van der Waals surface area contributed by atoms with Gasteiger partial charge in [-0.1, -0.05) is 34.5 Å². The Kier molecular flexibility index (Phi) is 5.45. The molecule has 0 amide bonds. The number of nitrogens with one attached hydrogen (secondary N) is 1. The number of aryl methyl sites for hydroxylation is 2. The fourth-order valence-corrected chi connectivity index (χ4v) is 3.37. The highest BCUT2D eigenvalue weighted by Crippen LogP contribution is 2.34. The predicted octanol–water partition coefficient (Wildman–Crippen LogP) is 3.49. The molecule has 2 aromatic carbocycles. The van der Waals surface area contributed by atoms with Crippen LogP contribution in [0.3, 0.4) is 0 Å². The van der Waals surface area contributed by atoms with Crippen molar-refractivity contribution in [2.75, 3.05) is 6.26 Å². The summed E-state index contributed by atoms with van der Waals surface area (Å²) in [5.74, 6) is 1.44. The molecule has 0 spiro atoms. The molecule has 0 bridgehead atoms. The Labute approximate surface area is 160 Å². The van der Waals surface area contributed by atoms with Crippen LogP contribution in [0.2, 0.25) is 10.0 Å². The van der Waals surface area contributed by atoms with Gasteiger partial charge in [-0.25, -0.2) is 8.42 Å². The molecule has 136 valence electrons. The molecule has 1 aromatic heterocycles. The summed E-state index contributed by atoms with van der Waals surface area (Å²) in [4.78, 5) is 0.123. The number of nitrogens with zero attached hydrogens (tertiary/aromatic N) is 3. The first kappa shape index (κ1) is 18.6. The van der Waals surface area contributed by atoms with Crippen molar-refractivity contribution in [3.63, 3.8) is 0 Å². The number of hydrogen-bond donors (Lipinski definition) is 1. The van der Waals surface area contributed by atoms with E-state index >= 15 is 0 Å². The van der Waals surface area contributed by atoms with Crippen LogP contribution in [-0.2, 0) is 22.7 Å². The van der Waals surface area contributed by atoms with Crippen LogP contribution in [0.15, 0.2) is 41.3 Å². The zero-order valence-electron chi connectivity index (χ0n) is 13.6. The van der Waals surface area contributed by atoms with Gasteiger partial charge in [0.25, 0.3) is 0 Å². The summed E-state index contributed by atoms with van der Waals surface area (Å²) in [6, 6.07) is 9.59. The Morgan fingerprint density at radius 3 is 2.54 bits per heavy atom. The largest absolute Gasteiger partial charge is 0.455 e. The highest BCUT2D eigenvalue weighted by Gasteiger charge is 2.13. The predicted molar refractivity (Wildman–Crippen MR) is 97.7 cm³/mol. The summed E-state index contributed by atoms with van der Waals surface area (Å²) in [7, 11) is -3.35. The Hall–Kier alpha value is -2.16. The average molecular weight is 413 g/mol. The molecule has 3 rings (SSSR count). The number of aromatic nitrogens is 4. The smallest absolute Gasteiger partial charge is 0.175 e. The van der Waals surface area contributed by atoms with Gasteiger partial charge in [0, 0.05) is 17.7 Å². The summed E-state index contributed by atoms with van der Waals surface area (Å²) >= 11 is 12.3. The van der Waals surface area contributed by atoms with Crippen LogP contribution in [0.25, 0.3) is 0 Å². The molecule has 0 aliphatic carbocycles. The SMILES string of the molecule is CS(=O)(=O)c1ccc(Oc2cc(Cl)ccc2CCc2nn[nH]n2)c(Cl)c1. The highest BCUT2D eigenvalue weighted by atomic mass is 35.5. The standard InChI is InChI=1S/C16H14Cl2N4O3S/c1-26(23,24)12-5-6-14(13(18)9-12)25-15-8-11(17)4-2-10(15)3-7-16-19-21-22-20-16/h2,4-6,8-9H,3,7H2,1H3,(H,19,20,21,22). The van der Waals surface area contributed by atoms with Gasteiger partial charge in [0.2, 0.25) is 0 Å². The van der Waals surface area contributed by atoms with Crippen LogP contribution in [0, 0.1) is 0 Å². The van der Waals surface area contributed by atoms with Crippen LogP contribution in [0.1, 0.15) is 11.4 Å². The van der Waals surface area contributed by atoms with E-state index in [4.69, 9.17) is 27.9 Å². The fourth-order valence-electron chi connectivity index (χ4n) is 2.28. The average Bonchev–Trinajstić information content (AvgIpc) is 3.08. The van der Waals surface area contributed by atoms with E-state index in [0.717, 1.165) is 11.8 Å². The van der Waals surface area contributed by atoms with E-state index in [1.54, 1.807) is 12.1 Å². The second-order valence-corrected chi connectivity index (χ2v) is 8.41. The van der Waals surface area contributed by atoms with Crippen LogP contribution < -0.4 is 4.74 Å². The number of halogens is 2. The van der Waals surface area contributed by atoms with E-state index in [2.05, 4.69) is 20.6 Å². The van der Waals surface area contributed by atoms with Gasteiger partial charge in [-0.05, 0) is 42.3 Å². The van der Waals surface area contributed by atoms with Crippen LogP contribution in [-0.4, -0.2) is 35.3 Å². The van der Waals surface area contributed by atoms with Gasteiger partial charge < -0.3 is 4.74 Å². The Morgan fingerprint density at radius 1 is 1.08 bits per heavy atom. The quantitative estimate of drug-likeness (QED) is 0.665. The van der Waals surface area contributed by atoms with Crippen molar-refractivity contribution in [3.8, 4) is 11.5 Å². The van der Waals surface area contributed by atoms with Gasteiger partial charge in [-0.3, -0.25) is 0 Å². The maximum absolute atomic E-state index is 11.6. The lowest BCUT2D eigenvalue weighted by Crippen LogP contribution is -1.99. The molecule has 1 heterocycles. The molecular formula is C16H14Cl2N4O3S. The van der Waals surface area contributed by atoms with Crippen molar-refractivity contribution in [1.82, 2.24) is 20.6 Å². The molecule has 26 heavy (non-hydrogen) atoms. The fraction of sp³-hybridized carbons (Fsp3) is 0.188. The zero-order valence-corrected chi connectivity index (χ0v) is 15.9. The topological polar surface area (TPSA) is 97.8 Å². The van der Waals surface area contributed by atoms with Gasteiger partial charge >= 0.3 is 0 Å². The van der Waals surface area contributed by atoms with Gasteiger partial charge in [-0.2, -0.15) is 5.21 Å². The maximum Gasteiger partial charge on any atom is 0.175 e. The van der Waals surface area contributed by atoms with E-state index in [1.807, 2.05) is 6.07 Å². The molecule has 0 radical (unpaired) electrons. The van der Waals surface area contributed by atoms with E-state index in [9.17, 15) is 8.42 Å². The molecule has 0 aliphatic rings. The Morgan fingerprint density at radius 2 is 1.88 bits per heavy atom. The third-order valence-corrected chi connectivity index (χ3v) is 5.23. The second kappa shape index (κ2) is 7.61. The van der Waals surface area contributed by atoms with E-state index in [1.165, 1.54) is 18.2 Å². The normalized spacial score (nSPS) is 11.5. The minimum absolute atomic E-state index is 0.123. The van der Waals surface area contributed by atoms with E-state index in [0.29, 0.717) is 35.2 Å². The number of H-pyrrole nitrogens is 1. The van der Waals surface area contributed by atoms with E-state index in [-0.39, 0.29) is 9.92 Å². The molecule has 3 aromatic rings. The molecule has 0 aliphatic heterocycles.